The summed E-state index contributed by atoms with van der Waals surface area (Å²) in [5.74, 6) is 0. The lowest BCUT2D eigenvalue weighted by Gasteiger charge is -2.37. The third-order valence-corrected chi connectivity index (χ3v) is 5.58. The molecule has 0 atom stereocenters. The standard InChI is InChI=1S/C23H23BNO2/c1-22(2,26)23(3,4)27-24-19-11-7-10-18-20-16(14-25-21(18)19)13-12-15-8-5-6-9-17(15)20/h5-14,26H,1-4H3. The molecule has 3 aromatic carbocycles. The van der Waals surface area contributed by atoms with Crippen molar-refractivity contribution in [1.29, 1.82) is 0 Å². The highest BCUT2D eigenvalue weighted by molar-refractivity contribution is 6.51. The highest BCUT2D eigenvalue weighted by Gasteiger charge is 2.35. The Labute approximate surface area is 160 Å². The van der Waals surface area contributed by atoms with Crippen molar-refractivity contribution in [1.82, 2.24) is 4.98 Å². The second-order valence-corrected chi connectivity index (χ2v) is 8.06. The molecule has 0 aliphatic heterocycles. The first-order valence-electron chi connectivity index (χ1n) is 9.20. The fraction of sp³-hybridized carbons (Fsp3) is 0.261. The van der Waals surface area contributed by atoms with Crippen molar-refractivity contribution < 1.29 is 9.76 Å². The summed E-state index contributed by atoms with van der Waals surface area (Å²) in [6, 6.07) is 18.8. The predicted octanol–water partition coefficient (Wildman–Crippen LogP) is 4.35. The molecular weight excluding hydrogens is 333 g/mol. The Morgan fingerprint density at radius 3 is 2.33 bits per heavy atom. The summed E-state index contributed by atoms with van der Waals surface area (Å²) in [7, 11) is 1.71. The normalized spacial score (nSPS) is 12.8. The summed E-state index contributed by atoms with van der Waals surface area (Å²) in [6.45, 7) is 7.26. The summed E-state index contributed by atoms with van der Waals surface area (Å²) < 4.78 is 5.97. The van der Waals surface area contributed by atoms with Gasteiger partial charge in [-0.15, -0.1) is 0 Å². The van der Waals surface area contributed by atoms with E-state index in [0.717, 1.165) is 21.8 Å². The van der Waals surface area contributed by atoms with E-state index in [9.17, 15) is 5.11 Å². The third-order valence-electron chi connectivity index (χ3n) is 5.58. The van der Waals surface area contributed by atoms with Crippen LogP contribution in [0.3, 0.4) is 0 Å². The molecule has 0 fully saturated rings. The van der Waals surface area contributed by atoms with E-state index >= 15 is 0 Å². The average molecular weight is 356 g/mol. The molecule has 0 spiro atoms. The highest BCUT2D eigenvalue weighted by Crippen LogP contribution is 2.30. The van der Waals surface area contributed by atoms with E-state index in [1.54, 1.807) is 21.3 Å². The maximum atomic E-state index is 10.3. The number of hydrogen-bond acceptors (Lipinski definition) is 3. The topological polar surface area (TPSA) is 42.4 Å². The van der Waals surface area contributed by atoms with Crippen molar-refractivity contribution in [2.45, 2.75) is 38.9 Å². The van der Waals surface area contributed by atoms with Gasteiger partial charge in [-0.3, -0.25) is 4.98 Å². The van der Waals surface area contributed by atoms with Crippen LogP contribution in [0.15, 0.2) is 60.8 Å². The lowest BCUT2D eigenvalue weighted by atomic mass is 9.81. The first kappa shape index (κ1) is 18.0. The molecule has 0 aliphatic rings. The molecule has 1 N–H and O–H groups in total. The van der Waals surface area contributed by atoms with Gasteiger partial charge in [-0.1, -0.05) is 54.6 Å². The molecule has 27 heavy (non-hydrogen) atoms. The van der Waals surface area contributed by atoms with Gasteiger partial charge in [-0.25, -0.2) is 0 Å². The van der Waals surface area contributed by atoms with Gasteiger partial charge >= 0.3 is 7.48 Å². The molecule has 1 aromatic heterocycles. The molecule has 135 valence electrons. The fourth-order valence-electron chi connectivity index (χ4n) is 3.19. The summed E-state index contributed by atoms with van der Waals surface area (Å²) in [6.07, 6.45) is 1.92. The first-order chi connectivity index (χ1) is 12.8. The molecule has 0 amide bonds. The van der Waals surface area contributed by atoms with E-state index < -0.39 is 11.2 Å². The molecule has 4 rings (SSSR count). The molecule has 4 aromatic rings. The Morgan fingerprint density at radius 1 is 0.852 bits per heavy atom. The van der Waals surface area contributed by atoms with Crippen LogP contribution in [-0.4, -0.2) is 28.8 Å². The van der Waals surface area contributed by atoms with Gasteiger partial charge in [0.15, 0.2) is 0 Å². The number of benzene rings is 3. The Bertz CT molecular complexity index is 1150. The Kier molecular flexibility index (Phi) is 4.21. The zero-order valence-electron chi connectivity index (χ0n) is 16.2. The number of aliphatic hydroxyl groups is 1. The molecular formula is C23H23BNO2. The van der Waals surface area contributed by atoms with Gasteiger partial charge in [0, 0.05) is 22.4 Å². The quantitative estimate of drug-likeness (QED) is 0.437. The SMILES string of the molecule is CC(C)(O)C(C)(C)O[B]c1cccc2c1ncc1ccc3ccccc3c12. The third kappa shape index (κ3) is 3.09. The van der Waals surface area contributed by atoms with Gasteiger partial charge in [-0.05, 0) is 43.9 Å². The van der Waals surface area contributed by atoms with E-state index in [2.05, 4.69) is 42.5 Å². The molecule has 1 heterocycles. The molecule has 1 radical (unpaired) electrons. The summed E-state index contributed by atoms with van der Waals surface area (Å²) >= 11 is 0. The minimum absolute atomic E-state index is 0.724. The minimum Gasteiger partial charge on any atom is -0.427 e. The molecule has 0 aliphatic carbocycles. The zero-order chi connectivity index (χ0) is 19.2. The lowest BCUT2D eigenvalue weighted by Crippen LogP contribution is -2.49. The van der Waals surface area contributed by atoms with Crippen LogP contribution in [0, 0.1) is 0 Å². The van der Waals surface area contributed by atoms with Gasteiger partial charge in [0.05, 0.1) is 16.7 Å². The Balaban J connectivity index is 1.87. The van der Waals surface area contributed by atoms with Crippen LogP contribution >= 0.6 is 0 Å². The molecule has 0 saturated carbocycles. The molecule has 0 saturated heterocycles. The number of fused-ring (bicyclic) bond motifs is 5. The monoisotopic (exact) mass is 356 g/mol. The van der Waals surface area contributed by atoms with Crippen molar-refractivity contribution in [2.24, 2.45) is 0 Å². The number of rotatable bonds is 4. The summed E-state index contributed by atoms with van der Waals surface area (Å²) in [5.41, 5.74) is 0.107. The van der Waals surface area contributed by atoms with Crippen LogP contribution in [0.25, 0.3) is 32.4 Å². The molecule has 0 unspecified atom stereocenters. The predicted molar refractivity (Wildman–Crippen MR) is 114 cm³/mol. The van der Waals surface area contributed by atoms with Gasteiger partial charge in [-0.2, -0.15) is 0 Å². The van der Waals surface area contributed by atoms with Crippen LogP contribution in [0.5, 0.6) is 0 Å². The van der Waals surface area contributed by atoms with Gasteiger partial charge in [0.25, 0.3) is 0 Å². The Morgan fingerprint density at radius 2 is 1.56 bits per heavy atom. The largest absolute Gasteiger partial charge is 0.427 e. The fourth-order valence-corrected chi connectivity index (χ4v) is 3.19. The van der Waals surface area contributed by atoms with Crippen molar-refractivity contribution in [3.8, 4) is 0 Å². The van der Waals surface area contributed by atoms with E-state index in [1.807, 2.05) is 32.2 Å². The highest BCUT2D eigenvalue weighted by atomic mass is 16.5. The van der Waals surface area contributed by atoms with Gasteiger partial charge < -0.3 is 9.76 Å². The van der Waals surface area contributed by atoms with Crippen LogP contribution in [0.4, 0.5) is 0 Å². The van der Waals surface area contributed by atoms with E-state index in [-0.39, 0.29) is 0 Å². The number of aromatic nitrogens is 1. The van der Waals surface area contributed by atoms with Crippen molar-refractivity contribution in [2.75, 3.05) is 0 Å². The van der Waals surface area contributed by atoms with Crippen LogP contribution in [0.2, 0.25) is 0 Å². The molecule has 4 heteroatoms. The number of nitrogens with zero attached hydrogens (tertiary/aromatic N) is 1. The zero-order valence-corrected chi connectivity index (χ0v) is 16.2. The number of pyridine rings is 1. The lowest BCUT2D eigenvalue weighted by molar-refractivity contribution is -0.0893. The van der Waals surface area contributed by atoms with E-state index in [1.165, 1.54) is 16.2 Å². The molecule has 0 bridgehead atoms. The maximum Gasteiger partial charge on any atom is 0.333 e. The summed E-state index contributed by atoms with van der Waals surface area (Å²) in [4.78, 5) is 4.71. The Hall–Kier alpha value is -2.43. The van der Waals surface area contributed by atoms with Crippen LogP contribution < -0.4 is 5.46 Å². The van der Waals surface area contributed by atoms with E-state index in [0.29, 0.717) is 0 Å². The summed E-state index contributed by atoms with van der Waals surface area (Å²) in [5, 5.41) is 16.2. The average Bonchev–Trinajstić information content (AvgIpc) is 2.64. The first-order valence-corrected chi connectivity index (χ1v) is 9.20. The number of hydrogen-bond donors (Lipinski definition) is 1. The minimum atomic E-state index is -0.968. The second-order valence-electron chi connectivity index (χ2n) is 8.06. The van der Waals surface area contributed by atoms with Crippen LogP contribution in [-0.2, 0) is 4.65 Å². The number of para-hydroxylation sites is 1. The van der Waals surface area contributed by atoms with Crippen molar-refractivity contribution in [3.63, 3.8) is 0 Å². The van der Waals surface area contributed by atoms with Gasteiger partial charge in [0.1, 0.15) is 0 Å². The van der Waals surface area contributed by atoms with Crippen molar-refractivity contribution in [3.05, 3.63) is 60.8 Å². The maximum absolute atomic E-state index is 10.3. The van der Waals surface area contributed by atoms with Crippen LogP contribution in [0.1, 0.15) is 27.7 Å². The molecule has 3 nitrogen and oxygen atoms in total. The second kappa shape index (κ2) is 6.33. The van der Waals surface area contributed by atoms with Crippen molar-refractivity contribution >= 4 is 45.4 Å². The van der Waals surface area contributed by atoms with Gasteiger partial charge in [0.2, 0.25) is 0 Å². The smallest absolute Gasteiger partial charge is 0.333 e. The van der Waals surface area contributed by atoms with E-state index in [4.69, 9.17) is 9.64 Å².